The molecule has 0 aromatic heterocycles. The molecular formula is C27H33Cl2NO4. The largest absolute Gasteiger partial charge is 0.492 e. The van der Waals surface area contributed by atoms with Gasteiger partial charge in [-0.2, -0.15) is 0 Å². The number of fused-ring (bicyclic) bond motifs is 2. The molecule has 1 saturated heterocycles. The number of hydrogen-bond acceptors (Lipinski definition) is 5. The van der Waals surface area contributed by atoms with Crippen molar-refractivity contribution in [3.8, 4) is 11.5 Å². The zero-order valence-electron chi connectivity index (χ0n) is 20.3. The molecule has 0 saturated carbocycles. The second-order valence-electron chi connectivity index (χ2n) is 10.4. The highest BCUT2D eigenvalue weighted by Gasteiger charge is 2.44. The lowest BCUT2D eigenvalue weighted by Gasteiger charge is -2.41. The first-order valence-corrected chi connectivity index (χ1v) is 12.6. The van der Waals surface area contributed by atoms with Crippen LogP contribution < -0.4 is 9.47 Å². The Labute approximate surface area is 212 Å². The van der Waals surface area contributed by atoms with Crippen LogP contribution in [0.1, 0.15) is 58.1 Å². The highest BCUT2D eigenvalue weighted by atomic mass is 35.5. The molecule has 1 unspecified atom stereocenters. The standard InChI is InChI=1S/C27H33Cl2NO4/c1-18(14-25(31)34-26(2,3)4)30-12-10-27(11-13-30)17-33-24-15-19(8-9-21(24)27)32-16-20-22(28)6-5-7-23(20)29/h5-9,15,18H,10-14,16-17H2,1-4H3. The summed E-state index contributed by atoms with van der Waals surface area (Å²) in [5, 5.41) is 1.19. The summed E-state index contributed by atoms with van der Waals surface area (Å²) in [6.45, 7) is 10.6. The molecular weight excluding hydrogens is 473 g/mol. The summed E-state index contributed by atoms with van der Waals surface area (Å²) in [4.78, 5) is 14.6. The predicted octanol–water partition coefficient (Wildman–Crippen LogP) is 6.42. The fourth-order valence-electron chi connectivity index (χ4n) is 4.83. The van der Waals surface area contributed by atoms with E-state index in [0.717, 1.165) is 43.0 Å². The van der Waals surface area contributed by atoms with Gasteiger partial charge in [0.1, 0.15) is 23.7 Å². The van der Waals surface area contributed by atoms with Crippen molar-refractivity contribution in [2.75, 3.05) is 19.7 Å². The van der Waals surface area contributed by atoms with Crippen LogP contribution in [-0.2, 0) is 21.6 Å². The second kappa shape index (κ2) is 9.96. The van der Waals surface area contributed by atoms with Crippen LogP contribution in [0.5, 0.6) is 11.5 Å². The van der Waals surface area contributed by atoms with Crippen molar-refractivity contribution in [3.63, 3.8) is 0 Å². The zero-order valence-corrected chi connectivity index (χ0v) is 21.8. The molecule has 2 heterocycles. The molecule has 2 aromatic carbocycles. The molecule has 7 heteroatoms. The Kier molecular flexibility index (Phi) is 7.37. The molecule has 0 amide bonds. The van der Waals surface area contributed by atoms with Gasteiger partial charge in [-0.25, -0.2) is 0 Å². The van der Waals surface area contributed by atoms with Crippen molar-refractivity contribution in [1.29, 1.82) is 0 Å². The van der Waals surface area contributed by atoms with Crippen LogP contribution >= 0.6 is 23.2 Å². The van der Waals surface area contributed by atoms with Crippen LogP contribution in [0.3, 0.4) is 0 Å². The van der Waals surface area contributed by atoms with E-state index in [4.69, 9.17) is 37.4 Å². The van der Waals surface area contributed by atoms with Crippen LogP contribution in [0.25, 0.3) is 0 Å². The monoisotopic (exact) mass is 505 g/mol. The third-order valence-electron chi connectivity index (χ3n) is 6.73. The van der Waals surface area contributed by atoms with E-state index < -0.39 is 5.60 Å². The number of hydrogen-bond donors (Lipinski definition) is 0. The van der Waals surface area contributed by atoms with E-state index in [-0.39, 0.29) is 17.4 Å². The van der Waals surface area contributed by atoms with Crippen LogP contribution in [0.15, 0.2) is 36.4 Å². The number of carbonyl (C=O) groups is 1. The van der Waals surface area contributed by atoms with Crippen molar-refractivity contribution >= 4 is 29.2 Å². The van der Waals surface area contributed by atoms with Gasteiger partial charge in [0.15, 0.2) is 0 Å². The minimum absolute atomic E-state index is 0.0159. The van der Waals surface area contributed by atoms with Gasteiger partial charge in [0.05, 0.1) is 13.0 Å². The van der Waals surface area contributed by atoms with E-state index in [0.29, 0.717) is 29.7 Å². The lowest BCUT2D eigenvalue weighted by Crippen LogP contribution is -2.47. The van der Waals surface area contributed by atoms with Crippen molar-refractivity contribution in [2.45, 2.75) is 70.6 Å². The average Bonchev–Trinajstić information content (AvgIpc) is 3.10. The molecule has 4 rings (SSSR count). The quantitative estimate of drug-likeness (QED) is 0.424. The van der Waals surface area contributed by atoms with Gasteiger partial charge >= 0.3 is 5.97 Å². The maximum Gasteiger partial charge on any atom is 0.307 e. The molecule has 184 valence electrons. The number of likely N-dealkylation sites (tertiary alicyclic amines) is 1. The average molecular weight is 506 g/mol. The summed E-state index contributed by atoms with van der Waals surface area (Å²) in [6, 6.07) is 11.7. The van der Waals surface area contributed by atoms with E-state index in [2.05, 4.69) is 17.9 Å². The highest BCUT2D eigenvalue weighted by Crippen LogP contribution is 2.47. The van der Waals surface area contributed by atoms with Crippen molar-refractivity contribution in [1.82, 2.24) is 4.90 Å². The number of carbonyl (C=O) groups excluding carboxylic acids is 1. The molecule has 1 spiro atoms. The maximum atomic E-state index is 12.2. The van der Waals surface area contributed by atoms with Crippen LogP contribution in [-0.4, -0.2) is 42.2 Å². The summed E-state index contributed by atoms with van der Waals surface area (Å²) >= 11 is 12.5. The van der Waals surface area contributed by atoms with Crippen molar-refractivity contribution in [3.05, 3.63) is 57.6 Å². The van der Waals surface area contributed by atoms with Gasteiger partial charge in [0, 0.05) is 38.7 Å². The Morgan fingerprint density at radius 1 is 1.15 bits per heavy atom. The minimum Gasteiger partial charge on any atom is -0.492 e. The molecule has 1 fully saturated rings. The molecule has 0 radical (unpaired) electrons. The number of nitrogens with zero attached hydrogens (tertiary/aromatic N) is 1. The number of halogens is 2. The molecule has 2 aliphatic rings. The van der Waals surface area contributed by atoms with Gasteiger partial charge < -0.3 is 19.1 Å². The third-order valence-corrected chi connectivity index (χ3v) is 7.44. The van der Waals surface area contributed by atoms with Gasteiger partial charge in [0.2, 0.25) is 0 Å². The lowest BCUT2D eigenvalue weighted by molar-refractivity contribution is -0.156. The fourth-order valence-corrected chi connectivity index (χ4v) is 5.34. The number of esters is 1. The van der Waals surface area contributed by atoms with E-state index in [1.54, 1.807) is 0 Å². The third kappa shape index (κ3) is 5.64. The predicted molar refractivity (Wildman–Crippen MR) is 135 cm³/mol. The molecule has 0 N–H and O–H groups in total. The van der Waals surface area contributed by atoms with Crippen molar-refractivity contribution < 1.29 is 19.0 Å². The molecule has 0 bridgehead atoms. The Hall–Kier alpha value is -1.95. The maximum absolute atomic E-state index is 12.2. The summed E-state index contributed by atoms with van der Waals surface area (Å²) in [5.74, 6) is 1.48. The van der Waals surface area contributed by atoms with E-state index in [9.17, 15) is 4.79 Å². The smallest absolute Gasteiger partial charge is 0.307 e. The van der Waals surface area contributed by atoms with Crippen LogP contribution in [0.4, 0.5) is 0 Å². The van der Waals surface area contributed by atoms with Crippen LogP contribution in [0.2, 0.25) is 10.0 Å². The topological polar surface area (TPSA) is 48.0 Å². The van der Waals surface area contributed by atoms with Gasteiger partial charge in [0.25, 0.3) is 0 Å². The normalized spacial score (nSPS) is 18.3. The van der Waals surface area contributed by atoms with Gasteiger partial charge in [-0.3, -0.25) is 4.79 Å². The first-order valence-electron chi connectivity index (χ1n) is 11.9. The Bertz CT molecular complexity index is 1020. The zero-order chi connectivity index (χ0) is 24.5. The molecule has 1 atom stereocenters. The Balaban J connectivity index is 1.36. The number of ether oxygens (including phenoxy) is 3. The fraction of sp³-hybridized carbons (Fsp3) is 0.519. The minimum atomic E-state index is -0.449. The van der Waals surface area contributed by atoms with Gasteiger partial charge in [-0.05, 0) is 71.8 Å². The summed E-state index contributed by atoms with van der Waals surface area (Å²) in [5.41, 5.74) is 1.59. The van der Waals surface area contributed by atoms with E-state index >= 15 is 0 Å². The first-order chi connectivity index (χ1) is 16.1. The van der Waals surface area contributed by atoms with Gasteiger partial charge in [-0.15, -0.1) is 0 Å². The second-order valence-corrected chi connectivity index (χ2v) is 11.2. The lowest BCUT2D eigenvalue weighted by atomic mass is 9.74. The molecule has 2 aromatic rings. The van der Waals surface area contributed by atoms with Crippen molar-refractivity contribution in [2.24, 2.45) is 0 Å². The highest BCUT2D eigenvalue weighted by molar-refractivity contribution is 6.35. The van der Waals surface area contributed by atoms with Crippen LogP contribution in [0, 0.1) is 0 Å². The molecule has 5 nitrogen and oxygen atoms in total. The van der Waals surface area contributed by atoms with E-state index in [1.165, 1.54) is 5.56 Å². The van der Waals surface area contributed by atoms with Gasteiger partial charge in [-0.1, -0.05) is 35.3 Å². The summed E-state index contributed by atoms with van der Waals surface area (Å²) < 4.78 is 17.6. The Morgan fingerprint density at radius 2 is 1.82 bits per heavy atom. The number of piperidine rings is 1. The Morgan fingerprint density at radius 3 is 2.47 bits per heavy atom. The first kappa shape index (κ1) is 25.2. The molecule has 2 aliphatic heterocycles. The SMILES string of the molecule is CC(CC(=O)OC(C)(C)C)N1CCC2(CC1)COc1cc(OCc3c(Cl)cccc3Cl)ccc12. The molecule has 34 heavy (non-hydrogen) atoms. The number of rotatable bonds is 6. The summed E-state index contributed by atoms with van der Waals surface area (Å²) in [6.07, 6.45) is 2.40. The van der Waals surface area contributed by atoms with E-state index in [1.807, 2.05) is 51.1 Å². The number of benzene rings is 2. The summed E-state index contributed by atoms with van der Waals surface area (Å²) in [7, 11) is 0. The molecule has 0 aliphatic carbocycles.